The molecule has 2 aromatic rings. The first kappa shape index (κ1) is 13.9. The number of hydrogen-bond donors (Lipinski definition) is 0. The van der Waals surface area contributed by atoms with Gasteiger partial charge < -0.3 is 14.2 Å². The zero-order valence-electron chi connectivity index (χ0n) is 11.8. The van der Waals surface area contributed by atoms with Gasteiger partial charge in [0.15, 0.2) is 0 Å². The second-order valence-electron chi connectivity index (χ2n) is 4.10. The van der Waals surface area contributed by atoms with Crippen molar-refractivity contribution in [1.29, 1.82) is 0 Å². The van der Waals surface area contributed by atoms with Crippen molar-refractivity contribution >= 4 is 11.9 Å². The number of benzene rings is 2. The van der Waals surface area contributed by atoms with Gasteiger partial charge in [0.25, 0.3) is 0 Å². The summed E-state index contributed by atoms with van der Waals surface area (Å²) in [5.41, 5.74) is 1.77. The first-order valence-electron chi connectivity index (χ1n) is 6.16. The van der Waals surface area contributed by atoms with E-state index in [1.807, 2.05) is 42.5 Å². The van der Waals surface area contributed by atoms with Gasteiger partial charge in [-0.15, -0.1) is 0 Å². The first-order chi connectivity index (χ1) is 9.75. The van der Waals surface area contributed by atoms with Crippen molar-refractivity contribution in [3.8, 4) is 17.2 Å². The largest absolute Gasteiger partial charge is 0.497 e. The molecule has 4 nitrogen and oxygen atoms in total. The molecule has 0 heterocycles. The predicted octanol–water partition coefficient (Wildman–Crippen LogP) is 3.46. The SMILES string of the molecule is COc1ccc(C=Nc2cc(OC)cc(OC)c2)cc1. The lowest BCUT2D eigenvalue weighted by molar-refractivity contribution is 0.394. The van der Waals surface area contributed by atoms with Crippen molar-refractivity contribution in [1.82, 2.24) is 0 Å². The van der Waals surface area contributed by atoms with Gasteiger partial charge in [-0.25, -0.2) is 0 Å². The molecule has 0 fully saturated rings. The van der Waals surface area contributed by atoms with Gasteiger partial charge in [0, 0.05) is 24.4 Å². The third-order valence-corrected chi connectivity index (χ3v) is 2.81. The molecule has 104 valence electrons. The van der Waals surface area contributed by atoms with Crippen LogP contribution >= 0.6 is 0 Å². The third-order valence-electron chi connectivity index (χ3n) is 2.81. The van der Waals surface area contributed by atoms with E-state index in [1.165, 1.54) is 0 Å². The fourth-order valence-electron chi connectivity index (χ4n) is 1.71. The Labute approximate surface area is 118 Å². The van der Waals surface area contributed by atoms with Gasteiger partial charge in [0.05, 0.1) is 27.0 Å². The average Bonchev–Trinajstić information content (AvgIpc) is 2.53. The van der Waals surface area contributed by atoms with Gasteiger partial charge in [0.2, 0.25) is 0 Å². The third kappa shape index (κ3) is 3.51. The smallest absolute Gasteiger partial charge is 0.124 e. The molecule has 0 amide bonds. The van der Waals surface area contributed by atoms with Gasteiger partial charge in [-0.3, -0.25) is 4.99 Å². The Morgan fingerprint density at radius 3 is 1.80 bits per heavy atom. The predicted molar refractivity (Wildman–Crippen MR) is 79.8 cm³/mol. The highest BCUT2D eigenvalue weighted by atomic mass is 16.5. The van der Waals surface area contributed by atoms with E-state index in [4.69, 9.17) is 14.2 Å². The van der Waals surface area contributed by atoms with Crippen LogP contribution in [-0.4, -0.2) is 27.5 Å². The molecule has 0 aliphatic heterocycles. The molecular weight excluding hydrogens is 254 g/mol. The standard InChI is InChI=1S/C16H17NO3/c1-18-14-6-4-12(5-7-14)11-17-13-8-15(19-2)10-16(9-13)20-3/h4-11H,1-3H3. The Bertz CT molecular complexity index is 569. The maximum Gasteiger partial charge on any atom is 0.124 e. The first-order valence-corrected chi connectivity index (χ1v) is 6.16. The molecule has 0 saturated carbocycles. The normalized spacial score (nSPS) is 10.6. The zero-order valence-corrected chi connectivity index (χ0v) is 11.8. The van der Waals surface area contributed by atoms with Crippen LogP contribution in [0.2, 0.25) is 0 Å². The van der Waals surface area contributed by atoms with Gasteiger partial charge in [-0.05, 0) is 29.8 Å². The van der Waals surface area contributed by atoms with Crippen LogP contribution in [0.3, 0.4) is 0 Å². The molecule has 0 aliphatic carbocycles. The van der Waals surface area contributed by atoms with Gasteiger partial charge >= 0.3 is 0 Å². The van der Waals surface area contributed by atoms with E-state index in [9.17, 15) is 0 Å². The van der Waals surface area contributed by atoms with Crippen molar-refractivity contribution in [2.24, 2.45) is 4.99 Å². The maximum absolute atomic E-state index is 5.21. The van der Waals surface area contributed by atoms with Gasteiger partial charge in [0.1, 0.15) is 17.2 Å². The molecule has 0 spiro atoms. The van der Waals surface area contributed by atoms with Crippen LogP contribution in [0.15, 0.2) is 47.5 Å². The summed E-state index contributed by atoms with van der Waals surface area (Å²) in [4.78, 5) is 4.42. The monoisotopic (exact) mass is 271 g/mol. The van der Waals surface area contributed by atoms with E-state index in [0.29, 0.717) is 11.5 Å². The van der Waals surface area contributed by atoms with E-state index in [-0.39, 0.29) is 0 Å². The Hall–Kier alpha value is -2.49. The highest BCUT2D eigenvalue weighted by Crippen LogP contribution is 2.27. The zero-order chi connectivity index (χ0) is 14.4. The molecule has 0 aliphatic rings. The van der Waals surface area contributed by atoms with Crippen LogP contribution in [0.25, 0.3) is 0 Å². The summed E-state index contributed by atoms with van der Waals surface area (Å²) in [6.45, 7) is 0. The Morgan fingerprint density at radius 1 is 0.750 bits per heavy atom. The Morgan fingerprint density at radius 2 is 1.30 bits per heavy atom. The van der Waals surface area contributed by atoms with Crippen LogP contribution < -0.4 is 14.2 Å². The molecule has 0 bridgehead atoms. The summed E-state index contributed by atoms with van der Waals surface area (Å²) in [6.07, 6.45) is 1.79. The minimum Gasteiger partial charge on any atom is -0.497 e. The van der Waals surface area contributed by atoms with Crippen molar-refractivity contribution in [2.75, 3.05) is 21.3 Å². The lowest BCUT2D eigenvalue weighted by Gasteiger charge is -2.05. The van der Waals surface area contributed by atoms with E-state index in [2.05, 4.69) is 4.99 Å². The molecule has 0 unspecified atom stereocenters. The van der Waals surface area contributed by atoms with Crippen molar-refractivity contribution < 1.29 is 14.2 Å². The molecule has 20 heavy (non-hydrogen) atoms. The van der Waals surface area contributed by atoms with Crippen molar-refractivity contribution in [2.45, 2.75) is 0 Å². The average molecular weight is 271 g/mol. The number of nitrogens with zero attached hydrogens (tertiary/aromatic N) is 1. The fourth-order valence-corrected chi connectivity index (χ4v) is 1.71. The molecule has 0 radical (unpaired) electrons. The molecule has 2 aromatic carbocycles. The van der Waals surface area contributed by atoms with Crippen LogP contribution in [0.5, 0.6) is 17.2 Å². The quantitative estimate of drug-likeness (QED) is 0.782. The Kier molecular flexibility index (Phi) is 4.60. The minimum absolute atomic E-state index is 0.714. The lowest BCUT2D eigenvalue weighted by Crippen LogP contribution is -1.87. The summed E-state index contributed by atoms with van der Waals surface area (Å²) >= 11 is 0. The van der Waals surface area contributed by atoms with Crippen LogP contribution in [-0.2, 0) is 0 Å². The summed E-state index contributed by atoms with van der Waals surface area (Å²) in [5, 5.41) is 0. The minimum atomic E-state index is 0.714. The molecule has 0 saturated heterocycles. The second kappa shape index (κ2) is 6.61. The van der Waals surface area contributed by atoms with Gasteiger partial charge in [-0.2, -0.15) is 0 Å². The van der Waals surface area contributed by atoms with Crippen LogP contribution in [0.4, 0.5) is 5.69 Å². The molecule has 4 heteroatoms. The summed E-state index contributed by atoms with van der Waals surface area (Å²) in [5.74, 6) is 2.25. The van der Waals surface area contributed by atoms with Crippen LogP contribution in [0.1, 0.15) is 5.56 Å². The summed E-state index contributed by atoms with van der Waals surface area (Å²) in [6, 6.07) is 13.2. The maximum atomic E-state index is 5.21. The highest BCUT2D eigenvalue weighted by Gasteiger charge is 2.00. The lowest BCUT2D eigenvalue weighted by atomic mass is 10.2. The van der Waals surface area contributed by atoms with E-state index in [0.717, 1.165) is 17.0 Å². The molecule has 0 N–H and O–H groups in total. The van der Waals surface area contributed by atoms with E-state index >= 15 is 0 Å². The number of ether oxygens (including phenoxy) is 3. The summed E-state index contributed by atoms with van der Waals surface area (Å²) < 4.78 is 15.5. The molecule has 2 rings (SSSR count). The second-order valence-corrected chi connectivity index (χ2v) is 4.10. The van der Waals surface area contributed by atoms with Crippen molar-refractivity contribution in [3.05, 3.63) is 48.0 Å². The molecule has 0 aromatic heterocycles. The van der Waals surface area contributed by atoms with E-state index in [1.54, 1.807) is 27.5 Å². The molecule has 0 atom stereocenters. The summed E-state index contributed by atoms with van der Waals surface area (Å²) in [7, 11) is 4.88. The number of aliphatic imine (C=N–C) groups is 1. The number of methoxy groups -OCH3 is 3. The number of rotatable bonds is 5. The van der Waals surface area contributed by atoms with Crippen molar-refractivity contribution in [3.63, 3.8) is 0 Å². The van der Waals surface area contributed by atoms with E-state index < -0.39 is 0 Å². The van der Waals surface area contributed by atoms with Crippen LogP contribution in [0, 0.1) is 0 Å². The van der Waals surface area contributed by atoms with Gasteiger partial charge in [-0.1, -0.05) is 0 Å². The molecular formula is C16H17NO3. The topological polar surface area (TPSA) is 40.0 Å². The number of hydrogen-bond acceptors (Lipinski definition) is 4. The Balaban J connectivity index is 2.21. The fraction of sp³-hybridized carbons (Fsp3) is 0.188. The highest BCUT2D eigenvalue weighted by molar-refractivity contribution is 5.82.